The van der Waals surface area contributed by atoms with Crippen LogP contribution in [0.2, 0.25) is 0 Å². The molecule has 178 valence electrons. The van der Waals surface area contributed by atoms with Gasteiger partial charge < -0.3 is 14.3 Å². The van der Waals surface area contributed by atoms with Crippen LogP contribution < -0.4 is 4.74 Å². The topological polar surface area (TPSA) is 92.2 Å². The fourth-order valence-corrected chi connectivity index (χ4v) is 5.17. The zero-order valence-electron chi connectivity index (χ0n) is 19.3. The van der Waals surface area contributed by atoms with E-state index in [0.29, 0.717) is 18.1 Å². The minimum atomic E-state index is -0.518. The molecule has 1 fully saturated rings. The molecular formula is C26H29N3O5. The van der Waals surface area contributed by atoms with Gasteiger partial charge >= 0.3 is 5.88 Å². The maximum atomic E-state index is 11.1. The normalized spacial score (nSPS) is 18.7. The largest absolute Gasteiger partial charge is 0.504 e. The highest BCUT2D eigenvalue weighted by molar-refractivity contribution is 5.51. The zero-order chi connectivity index (χ0) is 23.7. The molecule has 34 heavy (non-hydrogen) atoms. The zero-order valence-corrected chi connectivity index (χ0v) is 19.3. The van der Waals surface area contributed by atoms with Gasteiger partial charge in [0.1, 0.15) is 10.7 Å². The Bertz CT molecular complexity index is 1170. The highest BCUT2D eigenvalue weighted by Crippen LogP contribution is 2.41. The van der Waals surface area contributed by atoms with Crippen LogP contribution in [0.25, 0.3) is 0 Å². The maximum Gasteiger partial charge on any atom is 0.433 e. The molecule has 8 heteroatoms. The third-order valence-electron chi connectivity index (χ3n) is 6.86. The summed E-state index contributed by atoms with van der Waals surface area (Å²) in [6.45, 7) is 4.44. The smallest absolute Gasteiger partial charge is 0.433 e. The minimum absolute atomic E-state index is 0.104. The number of ether oxygens (including phenoxy) is 1. The molecule has 1 aromatic heterocycles. The maximum absolute atomic E-state index is 11.1. The standard InChI is InChI=1S/C26H29N3O5/c1-33-24-14-20-10-13-28(17-21-8-9-25(34-21)29(31)32)26(22(20)15-23(24)30)19-6-4-18(5-7-19)16-27-11-2-3-12-27/h4-9,14-15,26,30H,2-3,10-13,16-17H2,1H3. The predicted molar refractivity (Wildman–Crippen MR) is 127 cm³/mol. The van der Waals surface area contributed by atoms with E-state index < -0.39 is 4.92 Å². The van der Waals surface area contributed by atoms with E-state index in [-0.39, 0.29) is 17.7 Å². The molecule has 5 rings (SSSR count). The van der Waals surface area contributed by atoms with E-state index in [1.807, 2.05) is 6.07 Å². The molecule has 0 aliphatic carbocycles. The summed E-state index contributed by atoms with van der Waals surface area (Å²) in [7, 11) is 1.55. The third kappa shape index (κ3) is 4.51. The molecule has 8 nitrogen and oxygen atoms in total. The predicted octanol–water partition coefficient (Wildman–Crippen LogP) is 4.65. The molecule has 0 bridgehead atoms. The lowest BCUT2D eigenvalue weighted by Crippen LogP contribution is -2.35. The average Bonchev–Trinajstić information content (AvgIpc) is 3.52. The second-order valence-corrected chi connectivity index (χ2v) is 9.07. The van der Waals surface area contributed by atoms with E-state index in [2.05, 4.69) is 34.1 Å². The number of methoxy groups -OCH3 is 1. The van der Waals surface area contributed by atoms with Crippen LogP contribution in [0, 0.1) is 10.1 Å². The molecule has 0 saturated carbocycles. The van der Waals surface area contributed by atoms with E-state index in [9.17, 15) is 15.2 Å². The van der Waals surface area contributed by atoms with Crippen molar-refractivity contribution in [2.24, 2.45) is 0 Å². The summed E-state index contributed by atoms with van der Waals surface area (Å²) in [6.07, 6.45) is 3.31. The van der Waals surface area contributed by atoms with Gasteiger partial charge in [0, 0.05) is 13.1 Å². The van der Waals surface area contributed by atoms with Gasteiger partial charge in [-0.3, -0.25) is 19.9 Å². The Kier molecular flexibility index (Phi) is 6.26. The molecule has 3 heterocycles. The number of nitro groups is 1. The number of likely N-dealkylation sites (tertiary alicyclic amines) is 1. The molecule has 2 aromatic carbocycles. The monoisotopic (exact) mass is 463 g/mol. The van der Waals surface area contributed by atoms with Crippen LogP contribution in [0.1, 0.15) is 46.9 Å². The number of benzene rings is 2. The molecule has 3 aromatic rings. The van der Waals surface area contributed by atoms with Crippen LogP contribution in [0.5, 0.6) is 11.5 Å². The Balaban J connectivity index is 1.47. The molecule has 2 aliphatic heterocycles. The number of fused-ring (bicyclic) bond motifs is 1. The Morgan fingerprint density at radius 3 is 2.53 bits per heavy atom. The fraction of sp³-hybridized carbons (Fsp3) is 0.385. The van der Waals surface area contributed by atoms with Crippen molar-refractivity contribution < 1.29 is 19.2 Å². The second kappa shape index (κ2) is 9.48. The first kappa shape index (κ1) is 22.4. The quantitative estimate of drug-likeness (QED) is 0.403. The number of rotatable bonds is 7. The van der Waals surface area contributed by atoms with Crippen LogP contribution in [-0.2, 0) is 19.5 Å². The van der Waals surface area contributed by atoms with Crippen molar-refractivity contribution in [3.63, 3.8) is 0 Å². The molecule has 2 aliphatic rings. The first-order chi connectivity index (χ1) is 16.5. The summed E-state index contributed by atoms with van der Waals surface area (Å²) >= 11 is 0. The molecule has 0 radical (unpaired) electrons. The van der Waals surface area contributed by atoms with Crippen molar-refractivity contribution >= 4 is 5.88 Å². The summed E-state index contributed by atoms with van der Waals surface area (Å²) in [5.41, 5.74) is 4.53. The van der Waals surface area contributed by atoms with Crippen LogP contribution >= 0.6 is 0 Å². The van der Waals surface area contributed by atoms with Gasteiger partial charge in [0.25, 0.3) is 0 Å². The number of nitrogens with zero attached hydrogens (tertiary/aromatic N) is 3. The Morgan fingerprint density at radius 1 is 1.09 bits per heavy atom. The van der Waals surface area contributed by atoms with Crippen LogP contribution in [0.3, 0.4) is 0 Å². The highest BCUT2D eigenvalue weighted by atomic mass is 16.6. The van der Waals surface area contributed by atoms with Crippen LogP contribution in [0.15, 0.2) is 52.9 Å². The molecule has 1 N–H and O–H groups in total. The van der Waals surface area contributed by atoms with Crippen LogP contribution in [0.4, 0.5) is 5.88 Å². The molecule has 1 unspecified atom stereocenters. The van der Waals surface area contributed by atoms with Crippen molar-refractivity contribution in [2.45, 2.75) is 38.4 Å². The molecule has 0 spiro atoms. The minimum Gasteiger partial charge on any atom is -0.504 e. The van der Waals surface area contributed by atoms with Crippen molar-refractivity contribution in [3.8, 4) is 11.5 Å². The number of furan rings is 1. The van der Waals surface area contributed by atoms with E-state index in [4.69, 9.17) is 9.15 Å². The Hall–Kier alpha value is -3.36. The number of phenolic OH excluding ortho intramolecular Hbond substituents is 1. The average molecular weight is 464 g/mol. The van der Waals surface area contributed by atoms with E-state index in [1.54, 1.807) is 19.2 Å². The first-order valence-corrected chi connectivity index (χ1v) is 11.7. The first-order valence-electron chi connectivity index (χ1n) is 11.7. The van der Waals surface area contributed by atoms with Gasteiger partial charge in [-0.1, -0.05) is 24.3 Å². The van der Waals surface area contributed by atoms with Gasteiger partial charge in [-0.2, -0.15) is 0 Å². The van der Waals surface area contributed by atoms with Crippen molar-refractivity contribution in [1.29, 1.82) is 0 Å². The number of hydrogen-bond donors (Lipinski definition) is 1. The van der Waals surface area contributed by atoms with E-state index in [1.165, 1.54) is 24.5 Å². The molecule has 0 amide bonds. The summed E-state index contributed by atoms with van der Waals surface area (Å²) in [6, 6.07) is 15.3. The van der Waals surface area contributed by atoms with Gasteiger partial charge in [0.2, 0.25) is 0 Å². The number of phenols is 1. The summed E-state index contributed by atoms with van der Waals surface area (Å²) in [4.78, 5) is 15.3. The van der Waals surface area contributed by atoms with Crippen molar-refractivity contribution in [1.82, 2.24) is 9.80 Å². The summed E-state index contributed by atoms with van der Waals surface area (Å²) < 4.78 is 10.8. The van der Waals surface area contributed by atoms with E-state index in [0.717, 1.165) is 49.3 Å². The molecule has 1 saturated heterocycles. The van der Waals surface area contributed by atoms with Crippen LogP contribution in [-0.4, -0.2) is 46.6 Å². The lowest BCUT2D eigenvalue weighted by atomic mass is 9.87. The Morgan fingerprint density at radius 2 is 1.85 bits per heavy atom. The molecular weight excluding hydrogens is 434 g/mol. The second-order valence-electron chi connectivity index (χ2n) is 9.07. The summed E-state index contributed by atoms with van der Waals surface area (Å²) in [5, 5.41) is 21.6. The van der Waals surface area contributed by atoms with E-state index >= 15 is 0 Å². The Labute approximate surface area is 198 Å². The SMILES string of the molecule is COc1cc2c(cc1O)C(c1ccc(CN3CCCC3)cc1)N(Cc1ccc([N+](=O)[O-])o1)CC2. The van der Waals surface area contributed by atoms with Crippen molar-refractivity contribution in [2.75, 3.05) is 26.7 Å². The number of hydrogen-bond acceptors (Lipinski definition) is 7. The van der Waals surface area contributed by atoms with Gasteiger partial charge in [-0.15, -0.1) is 0 Å². The fourth-order valence-electron chi connectivity index (χ4n) is 5.17. The van der Waals surface area contributed by atoms with Gasteiger partial charge in [-0.05, 0) is 72.8 Å². The van der Waals surface area contributed by atoms with Gasteiger partial charge in [0.05, 0.1) is 25.8 Å². The third-order valence-corrected chi connectivity index (χ3v) is 6.86. The van der Waals surface area contributed by atoms with Crippen molar-refractivity contribution in [3.05, 3.63) is 86.7 Å². The number of aromatic hydroxyl groups is 1. The lowest BCUT2D eigenvalue weighted by molar-refractivity contribution is -0.402. The summed E-state index contributed by atoms with van der Waals surface area (Å²) in [5.74, 6) is 0.863. The van der Waals surface area contributed by atoms with Gasteiger partial charge in [0.15, 0.2) is 11.5 Å². The van der Waals surface area contributed by atoms with Gasteiger partial charge in [-0.25, -0.2) is 0 Å². The highest BCUT2D eigenvalue weighted by Gasteiger charge is 2.31. The molecule has 1 atom stereocenters. The lowest BCUT2D eigenvalue weighted by Gasteiger charge is -2.37.